The monoisotopic (exact) mass is 459 g/mol. The Hall–Kier alpha value is -1.81. The number of hydrogen-bond acceptors (Lipinski definition) is 2. The van der Waals surface area contributed by atoms with Gasteiger partial charge in [0.05, 0.1) is 23.6 Å². The maximum Gasteiger partial charge on any atom is 0.229 e. The quantitative estimate of drug-likeness (QED) is 0.462. The number of amides is 1. The lowest BCUT2D eigenvalue weighted by Gasteiger charge is -2.52. The first-order valence-corrected chi connectivity index (χ1v) is 11.6. The number of allylic oxidation sites excluding steroid dienone is 1. The van der Waals surface area contributed by atoms with Gasteiger partial charge >= 0.3 is 0 Å². The Labute approximate surface area is 195 Å². The molecule has 0 aliphatic carbocycles. The Morgan fingerprint density at radius 1 is 1.19 bits per heavy atom. The van der Waals surface area contributed by atoms with Crippen LogP contribution in [0.5, 0.6) is 0 Å². The van der Waals surface area contributed by atoms with Crippen LogP contribution in [-0.4, -0.2) is 28.1 Å². The van der Waals surface area contributed by atoms with E-state index in [1.54, 1.807) is 6.92 Å². The van der Waals surface area contributed by atoms with Crippen molar-refractivity contribution < 1.29 is 9.90 Å². The highest BCUT2D eigenvalue weighted by atomic mass is 35.5. The lowest BCUT2D eigenvalue weighted by Crippen LogP contribution is -2.57. The van der Waals surface area contributed by atoms with Gasteiger partial charge in [0.25, 0.3) is 0 Å². The molecule has 5 heteroatoms. The van der Waals surface area contributed by atoms with E-state index in [2.05, 4.69) is 12.6 Å². The first kappa shape index (κ1) is 23.8. The third kappa shape index (κ3) is 4.84. The van der Waals surface area contributed by atoms with Crippen molar-refractivity contribution in [2.45, 2.75) is 64.1 Å². The Morgan fingerprint density at radius 3 is 2.42 bits per heavy atom. The number of likely N-dealkylation sites (tertiary alicyclic amines) is 1. The van der Waals surface area contributed by atoms with Crippen LogP contribution in [0.4, 0.5) is 0 Å². The molecule has 1 aliphatic rings. The van der Waals surface area contributed by atoms with Crippen molar-refractivity contribution in [3.8, 4) is 0 Å². The number of rotatable bonds is 7. The molecular weight excluding hydrogens is 429 g/mol. The molecule has 3 rings (SSSR count). The van der Waals surface area contributed by atoms with E-state index in [9.17, 15) is 9.90 Å². The summed E-state index contributed by atoms with van der Waals surface area (Å²) in [4.78, 5) is 15.9. The number of aliphatic hydroxyl groups is 1. The normalized spacial score (nSPS) is 25.9. The number of carbonyl (C=O) groups excluding carboxylic acids is 1. The van der Waals surface area contributed by atoms with Crippen molar-refractivity contribution in [2.75, 3.05) is 0 Å². The van der Waals surface area contributed by atoms with E-state index in [4.69, 9.17) is 23.2 Å². The second kappa shape index (κ2) is 9.77. The third-order valence-electron chi connectivity index (χ3n) is 6.52. The van der Waals surface area contributed by atoms with E-state index in [0.29, 0.717) is 29.3 Å². The SMILES string of the molecule is C=CC[C@@]1(C)CC(c2cccc(Cl)c2)[C@@H](c2ccc(Cl)cc2)N([C@@H](CC)C(C)O)C1=O. The third-order valence-corrected chi connectivity index (χ3v) is 7.00. The minimum absolute atomic E-state index is 0.00956. The molecule has 1 N–H and O–H groups in total. The molecule has 166 valence electrons. The van der Waals surface area contributed by atoms with Crippen LogP contribution in [0.25, 0.3) is 0 Å². The zero-order valence-corrected chi connectivity index (χ0v) is 19.9. The van der Waals surface area contributed by atoms with Crippen molar-refractivity contribution in [1.29, 1.82) is 0 Å². The first-order valence-electron chi connectivity index (χ1n) is 10.8. The predicted molar refractivity (Wildman–Crippen MR) is 129 cm³/mol. The molecule has 0 bridgehead atoms. The molecule has 2 aromatic carbocycles. The number of aliphatic hydroxyl groups excluding tert-OH is 1. The molecule has 2 aromatic rings. The summed E-state index contributed by atoms with van der Waals surface area (Å²) >= 11 is 12.5. The minimum atomic E-state index is -0.658. The van der Waals surface area contributed by atoms with Crippen molar-refractivity contribution in [3.05, 3.63) is 82.4 Å². The van der Waals surface area contributed by atoms with Gasteiger partial charge in [-0.1, -0.05) is 67.4 Å². The van der Waals surface area contributed by atoms with Crippen LogP contribution in [-0.2, 0) is 4.79 Å². The summed E-state index contributed by atoms with van der Waals surface area (Å²) < 4.78 is 0. The van der Waals surface area contributed by atoms with E-state index in [1.807, 2.05) is 67.3 Å². The second-order valence-corrected chi connectivity index (χ2v) is 9.72. The molecule has 0 spiro atoms. The van der Waals surface area contributed by atoms with Gasteiger partial charge in [-0.25, -0.2) is 0 Å². The molecule has 0 radical (unpaired) electrons. The van der Waals surface area contributed by atoms with Gasteiger partial charge < -0.3 is 10.0 Å². The van der Waals surface area contributed by atoms with Crippen LogP contribution in [0.3, 0.4) is 0 Å². The number of hydrogen-bond donors (Lipinski definition) is 1. The van der Waals surface area contributed by atoms with E-state index in [-0.39, 0.29) is 23.9 Å². The van der Waals surface area contributed by atoms with E-state index < -0.39 is 11.5 Å². The van der Waals surface area contributed by atoms with Crippen LogP contribution >= 0.6 is 23.2 Å². The molecule has 1 amide bonds. The number of carbonyl (C=O) groups is 1. The van der Waals surface area contributed by atoms with Crippen molar-refractivity contribution in [1.82, 2.24) is 4.90 Å². The molecule has 31 heavy (non-hydrogen) atoms. The maximum atomic E-state index is 14.0. The lowest BCUT2D eigenvalue weighted by molar-refractivity contribution is -0.158. The zero-order chi connectivity index (χ0) is 22.8. The van der Waals surface area contributed by atoms with Crippen LogP contribution in [0.2, 0.25) is 10.0 Å². The fraction of sp³-hybridized carbons (Fsp3) is 0.423. The van der Waals surface area contributed by atoms with Gasteiger partial charge in [0, 0.05) is 16.0 Å². The molecule has 2 unspecified atom stereocenters. The number of halogens is 2. The fourth-order valence-electron chi connectivity index (χ4n) is 5.02. The van der Waals surface area contributed by atoms with Gasteiger partial charge in [-0.3, -0.25) is 4.79 Å². The summed E-state index contributed by atoms with van der Waals surface area (Å²) in [6.45, 7) is 9.68. The summed E-state index contributed by atoms with van der Waals surface area (Å²) in [6, 6.07) is 15.0. The molecule has 0 saturated carbocycles. The highest BCUT2D eigenvalue weighted by Crippen LogP contribution is 2.52. The highest BCUT2D eigenvalue weighted by Gasteiger charge is 2.51. The van der Waals surface area contributed by atoms with Gasteiger partial charge in [-0.15, -0.1) is 6.58 Å². The highest BCUT2D eigenvalue weighted by molar-refractivity contribution is 6.30. The molecule has 1 fully saturated rings. The van der Waals surface area contributed by atoms with Crippen molar-refractivity contribution >= 4 is 29.1 Å². The molecule has 1 aliphatic heterocycles. The number of benzene rings is 2. The van der Waals surface area contributed by atoms with E-state index in [1.165, 1.54) is 0 Å². The van der Waals surface area contributed by atoms with Crippen LogP contribution in [0.1, 0.15) is 63.1 Å². The van der Waals surface area contributed by atoms with Gasteiger partial charge in [-0.2, -0.15) is 0 Å². The number of nitrogens with zero attached hydrogens (tertiary/aromatic N) is 1. The summed E-state index contributed by atoms with van der Waals surface area (Å²) in [7, 11) is 0. The molecular formula is C26H31Cl2NO2. The van der Waals surface area contributed by atoms with Crippen LogP contribution in [0, 0.1) is 5.41 Å². The van der Waals surface area contributed by atoms with Crippen LogP contribution < -0.4 is 0 Å². The summed E-state index contributed by atoms with van der Waals surface area (Å²) in [6.07, 6.45) is 3.05. The summed E-state index contributed by atoms with van der Waals surface area (Å²) in [5, 5.41) is 12.0. The Morgan fingerprint density at radius 2 is 1.87 bits per heavy atom. The predicted octanol–water partition coefficient (Wildman–Crippen LogP) is 6.79. The first-order chi connectivity index (χ1) is 14.7. The summed E-state index contributed by atoms with van der Waals surface area (Å²) in [5.41, 5.74) is 1.48. The molecule has 1 saturated heterocycles. The average Bonchev–Trinajstić information content (AvgIpc) is 2.72. The topological polar surface area (TPSA) is 40.5 Å². The van der Waals surface area contributed by atoms with Gasteiger partial charge in [0.1, 0.15) is 0 Å². The average molecular weight is 460 g/mol. The van der Waals surface area contributed by atoms with E-state index >= 15 is 0 Å². The van der Waals surface area contributed by atoms with Gasteiger partial charge in [0.15, 0.2) is 0 Å². The Bertz CT molecular complexity index is 927. The Balaban J connectivity index is 2.24. The standard InChI is InChI=1S/C26H31Cl2NO2/c1-5-14-26(4)16-22(19-8-7-9-21(28)15-19)24(18-10-12-20(27)13-11-18)29(25(26)31)23(6-2)17(3)30/h5,7-13,15,17,22-24,30H,1,6,14,16H2,2-4H3/t17?,22?,23-,24+,26-/m0/s1. The molecule has 5 atom stereocenters. The van der Waals surface area contributed by atoms with Gasteiger partial charge in [0.2, 0.25) is 5.91 Å². The van der Waals surface area contributed by atoms with Gasteiger partial charge in [-0.05, 0) is 61.6 Å². The number of piperidine rings is 1. The van der Waals surface area contributed by atoms with Crippen molar-refractivity contribution in [2.24, 2.45) is 5.41 Å². The smallest absolute Gasteiger partial charge is 0.229 e. The zero-order valence-electron chi connectivity index (χ0n) is 18.4. The van der Waals surface area contributed by atoms with Crippen molar-refractivity contribution in [3.63, 3.8) is 0 Å². The largest absolute Gasteiger partial charge is 0.391 e. The lowest BCUT2D eigenvalue weighted by atomic mass is 9.67. The minimum Gasteiger partial charge on any atom is -0.391 e. The maximum absolute atomic E-state index is 14.0. The molecule has 1 heterocycles. The van der Waals surface area contributed by atoms with Crippen LogP contribution in [0.15, 0.2) is 61.2 Å². The summed E-state index contributed by atoms with van der Waals surface area (Å²) in [5.74, 6) is 0.0636. The second-order valence-electron chi connectivity index (χ2n) is 8.84. The molecule has 0 aromatic heterocycles. The Kier molecular flexibility index (Phi) is 7.51. The van der Waals surface area contributed by atoms with E-state index in [0.717, 1.165) is 11.1 Å². The fourth-order valence-corrected chi connectivity index (χ4v) is 5.35. The molecule has 3 nitrogen and oxygen atoms in total.